The quantitative estimate of drug-likeness (QED) is 0.897. The van der Waals surface area contributed by atoms with Crippen LogP contribution in [0.2, 0.25) is 5.02 Å². The van der Waals surface area contributed by atoms with Crippen molar-refractivity contribution in [2.45, 2.75) is 13.1 Å². The highest BCUT2D eigenvalue weighted by Crippen LogP contribution is 2.36. The van der Waals surface area contributed by atoms with Crippen molar-refractivity contribution >= 4 is 35.8 Å². The summed E-state index contributed by atoms with van der Waals surface area (Å²) in [6.45, 7) is 1.22. The Bertz CT molecular complexity index is 726. The van der Waals surface area contributed by atoms with Crippen molar-refractivity contribution < 1.29 is 9.53 Å². The Kier molecular flexibility index (Phi) is 5.88. The van der Waals surface area contributed by atoms with Crippen LogP contribution in [0.5, 0.6) is 5.75 Å². The van der Waals surface area contributed by atoms with Gasteiger partial charge in [0.05, 0.1) is 5.69 Å². The molecule has 0 atom stereocenters. The number of hydrazine groups is 1. The van der Waals surface area contributed by atoms with Gasteiger partial charge in [0.25, 0.3) is 0 Å². The molecule has 2 heterocycles. The minimum absolute atomic E-state index is 0. The molecule has 0 unspecified atom stereocenters. The summed E-state index contributed by atoms with van der Waals surface area (Å²) in [4.78, 5) is 17.2. The first kappa shape index (κ1) is 18.3. The zero-order valence-corrected chi connectivity index (χ0v) is 14.9. The van der Waals surface area contributed by atoms with E-state index in [1.165, 1.54) is 4.90 Å². The molecule has 0 spiro atoms. The van der Waals surface area contributed by atoms with Gasteiger partial charge in [-0.15, -0.1) is 12.4 Å². The van der Waals surface area contributed by atoms with Crippen LogP contribution < -0.4 is 10.2 Å². The summed E-state index contributed by atoms with van der Waals surface area (Å²) in [6, 6.07) is 7.27. The van der Waals surface area contributed by atoms with Gasteiger partial charge < -0.3 is 15.1 Å². The van der Waals surface area contributed by atoms with Crippen LogP contribution >= 0.6 is 24.0 Å². The molecule has 1 aliphatic rings. The smallest absolute Gasteiger partial charge is 0.410 e. The average Bonchev–Trinajstić information content (AvgIpc) is 2.95. The predicted molar refractivity (Wildman–Crippen MR) is 95.5 cm³/mol. The van der Waals surface area contributed by atoms with Crippen molar-refractivity contribution in [3.8, 4) is 5.75 Å². The van der Waals surface area contributed by atoms with Crippen LogP contribution in [0.25, 0.3) is 0 Å². The van der Waals surface area contributed by atoms with Crippen molar-refractivity contribution in [3.05, 3.63) is 52.8 Å². The summed E-state index contributed by atoms with van der Waals surface area (Å²) in [5, 5.41) is 2.68. The molecule has 0 fully saturated rings. The Hall–Kier alpha value is -2.02. The molecule has 1 aromatic carbocycles. The second-order valence-electron chi connectivity index (χ2n) is 5.47. The highest BCUT2D eigenvalue weighted by molar-refractivity contribution is 6.31. The Morgan fingerprint density at radius 3 is 2.54 bits per heavy atom. The average molecular weight is 369 g/mol. The summed E-state index contributed by atoms with van der Waals surface area (Å²) in [5.74, 6) is 0.544. The van der Waals surface area contributed by atoms with E-state index in [0.717, 1.165) is 16.8 Å². The van der Waals surface area contributed by atoms with E-state index < -0.39 is 6.09 Å². The number of hydrogen-bond acceptors (Lipinski definition) is 5. The Morgan fingerprint density at radius 2 is 1.88 bits per heavy atom. The largest absolute Gasteiger partial charge is 0.414 e. The van der Waals surface area contributed by atoms with Gasteiger partial charge in [-0.3, -0.25) is 4.98 Å². The van der Waals surface area contributed by atoms with Crippen molar-refractivity contribution in [2.75, 3.05) is 19.5 Å². The van der Waals surface area contributed by atoms with Crippen LogP contribution in [0.3, 0.4) is 0 Å². The van der Waals surface area contributed by atoms with E-state index in [0.29, 0.717) is 23.9 Å². The number of carbonyl (C=O) groups excluding carboxylic acids is 1. The topological polar surface area (TPSA) is 57.7 Å². The lowest BCUT2D eigenvalue weighted by Crippen LogP contribution is -2.26. The number of nitrogens with one attached hydrogen (secondary N) is 1. The molecule has 24 heavy (non-hydrogen) atoms. The third-order valence-corrected chi connectivity index (χ3v) is 3.91. The van der Waals surface area contributed by atoms with Gasteiger partial charge in [-0.2, -0.15) is 0 Å². The molecular weight excluding hydrogens is 351 g/mol. The molecule has 0 bridgehead atoms. The normalized spacial score (nSPS) is 13.0. The third-order valence-electron chi connectivity index (χ3n) is 3.56. The van der Waals surface area contributed by atoms with Crippen LogP contribution in [-0.2, 0) is 13.1 Å². The Balaban J connectivity index is 0.00000208. The number of ether oxygens (including phenoxy) is 1. The van der Waals surface area contributed by atoms with Crippen molar-refractivity contribution in [3.63, 3.8) is 0 Å². The van der Waals surface area contributed by atoms with Gasteiger partial charge in [-0.25, -0.2) is 9.80 Å². The highest BCUT2D eigenvalue weighted by Gasteiger charge is 2.26. The summed E-state index contributed by atoms with van der Waals surface area (Å²) in [6.07, 6.45) is 3.04. The summed E-state index contributed by atoms with van der Waals surface area (Å²) in [5.41, 5.74) is 6.14. The van der Waals surface area contributed by atoms with Gasteiger partial charge in [0.15, 0.2) is 0 Å². The molecule has 1 amide bonds. The zero-order chi connectivity index (χ0) is 16.4. The second kappa shape index (κ2) is 7.70. The lowest BCUT2D eigenvalue weighted by atomic mass is 10.1. The molecule has 1 aromatic heterocycles. The van der Waals surface area contributed by atoms with Gasteiger partial charge in [0.2, 0.25) is 0 Å². The number of fused-ring (bicyclic) bond motifs is 1. The fraction of sp³-hybridized carbons (Fsp3) is 0.250. The maximum absolute atomic E-state index is 11.8. The third kappa shape index (κ3) is 3.90. The van der Waals surface area contributed by atoms with Gasteiger partial charge >= 0.3 is 6.09 Å². The summed E-state index contributed by atoms with van der Waals surface area (Å²) in [7, 11) is 3.30. The standard InChI is InChI=1S/C16H17ClN4O2.ClH/c1-20(2)16(22)23-15-4-3-14(17)12-9-21(10-13(12)15)19-11-5-7-18-8-6-11;/h3-8H,9-10H2,1-2H3,(H,18,19);1H. The molecule has 6 nitrogen and oxygen atoms in total. The van der Waals surface area contributed by atoms with Crippen LogP contribution in [-0.4, -0.2) is 35.1 Å². The first-order valence-corrected chi connectivity index (χ1v) is 7.53. The number of benzene rings is 1. The molecule has 0 saturated carbocycles. The number of nitrogens with zero attached hydrogens (tertiary/aromatic N) is 3. The van der Waals surface area contributed by atoms with Crippen LogP contribution in [0.15, 0.2) is 36.7 Å². The Morgan fingerprint density at radius 1 is 1.21 bits per heavy atom. The first-order valence-electron chi connectivity index (χ1n) is 7.15. The SMILES string of the molecule is CN(C)C(=O)Oc1ccc(Cl)c2c1CN(Nc1ccncc1)C2.Cl. The van der Waals surface area contributed by atoms with E-state index >= 15 is 0 Å². The lowest BCUT2D eigenvalue weighted by Gasteiger charge is -2.17. The minimum atomic E-state index is -0.407. The van der Waals surface area contributed by atoms with E-state index in [-0.39, 0.29) is 12.4 Å². The molecule has 2 aromatic rings. The molecule has 3 rings (SSSR count). The van der Waals surface area contributed by atoms with Crippen LogP contribution in [0.4, 0.5) is 10.5 Å². The van der Waals surface area contributed by atoms with Gasteiger partial charge in [-0.05, 0) is 29.8 Å². The zero-order valence-electron chi connectivity index (χ0n) is 13.3. The molecule has 1 N–H and O–H groups in total. The summed E-state index contributed by atoms with van der Waals surface area (Å²) < 4.78 is 5.44. The van der Waals surface area contributed by atoms with E-state index in [4.69, 9.17) is 16.3 Å². The Labute approximate surface area is 151 Å². The number of halogens is 2. The number of hydrogen-bond donors (Lipinski definition) is 1. The molecule has 8 heteroatoms. The van der Waals surface area contributed by atoms with E-state index in [2.05, 4.69) is 10.4 Å². The minimum Gasteiger partial charge on any atom is -0.410 e. The number of amides is 1. The van der Waals surface area contributed by atoms with Gasteiger partial charge in [0, 0.05) is 50.2 Å². The monoisotopic (exact) mass is 368 g/mol. The number of anilines is 1. The maximum Gasteiger partial charge on any atom is 0.414 e. The summed E-state index contributed by atoms with van der Waals surface area (Å²) >= 11 is 6.29. The van der Waals surface area contributed by atoms with Crippen LogP contribution in [0, 0.1) is 0 Å². The van der Waals surface area contributed by atoms with Crippen molar-refractivity contribution in [1.82, 2.24) is 14.9 Å². The molecule has 0 saturated heterocycles. The number of carbonyl (C=O) groups is 1. The second-order valence-corrected chi connectivity index (χ2v) is 5.88. The molecule has 1 aliphatic heterocycles. The van der Waals surface area contributed by atoms with Crippen molar-refractivity contribution in [2.24, 2.45) is 0 Å². The highest BCUT2D eigenvalue weighted by atomic mass is 35.5. The van der Waals surface area contributed by atoms with E-state index in [9.17, 15) is 4.79 Å². The molecule has 0 aliphatic carbocycles. The number of aromatic nitrogens is 1. The molecular formula is C16H18Cl2N4O2. The van der Waals surface area contributed by atoms with Gasteiger partial charge in [-0.1, -0.05) is 11.6 Å². The lowest BCUT2D eigenvalue weighted by molar-refractivity contribution is 0.171. The van der Waals surface area contributed by atoms with E-state index in [1.54, 1.807) is 38.6 Å². The van der Waals surface area contributed by atoms with Crippen LogP contribution in [0.1, 0.15) is 11.1 Å². The fourth-order valence-electron chi connectivity index (χ4n) is 2.39. The fourth-order valence-corrected chi connectivity index (χ4v) is 2.63. The maximum atomic E-state index is 11.8. The number of rotatable bonds is 3. The predicted octanol–water partition coefficient (Wildman–Crippen LogP) is 3.56. The molecule has 0 radical (unpaired) electrons. The van der Waals surface area contributed by atoms with Crippen molar-refractivity contribution in [1.29, 1.82) is 0 Å². The first-order chi connectivity index (χ1) is 11.0. The number of pyridine rings is 1. The van der Waals surface area contributed by atoms with E-state index in [1.807, 2.05) is 17.1 Å². The molecule has 128 valence electrons. The van der Waals surface area contributed by atoms with Gasteiger partial charge in [0.1, 0.15) is 5.75 Å².